The van der Waals surface area contributed by atoms with Crippen LogP contribution in [-0.2, 0) is 49.0 Å². The maximum absolute atomic E-state index is 16.1. The summed E-state index contributed by atoms with van der Waals surface area (Å²) < 4.78 is 29.9. The van der Waals surface area contributed by atoms with Gasteiger partial charge >= 0.3 is 5.97 Å². The van der Waals surface area contributed by atoms with Crippen molar-refractivity contribution in [2.75, 3.05) is 16.4 Å². The molecule has 0 radical (unpaired) electrons. The van der Waals surface area contributed by atoms with Crippen LogP contribution >= 0.6 is 0 Å². The van der Waals surface area contributed by atoms with Crippen molar-refractivity contribution >= 4 is 37.6 Å². The van der Waals surface area contributed by atoms with E-state index in [0.29, 0.717) is 36.5 Å². The standard InChI is InChI=1S/C32H38FN5O6Si/c1-20-30(45(3,4)33)27(12-14-36-19-23(13-15-39)34-35-36)44-32(20)25-10-5-6-11-26(25)37(31(32)42)18-22-8-7-9-24(16-22)38-28(41)17-29(38)43-21(2)40/h5-11,16,19-20,27,29-30,39H,12-15,17-18H2,1-4H3/t20-,27+,29?,30-,32+/m0/s1. The molecule has 0 saturated carbocycles. The zero-order valence-corrected chi connectivity index (χ0v) is 26.9. The number of β-lactam (4-membered cyclic amide) rings is 1. The zero-order valence-electron chi connectivity index (χ0n) is 25.9. The summed E-state index contributed by atoms with van der Waals surface area (Å²) in [5, 5.41) is 17.5. The molecule has 0 bridgehead atoms. The van der Waals surface area contributed by atoms with Crippen molar-refractivity contribution in [1.82, 2.24) is 15.0 Å². The quantitative estimate of drug-likeness (QED) is 0.154. The van der Waals surface area contributed by atoms with Gasteiger partial charge < -0.3 is 23.6 Å². The summed E-state index contributed by atoms with van der Waals surface area (Å²) >= 11 is 0. The van der Waals surface area contributed by atoms with Gasteiger partial charge in [-0.05, 0) is 43.3 Å². The van der Waals surface area contributed by atoms with Crippen LogP contribution in [0.3, 0.4) is 0 Å². The predicted molar refractivity (Wildman–Crippen MR) is 165 cm³/mol. The number of aryl methyl sites for hydroxylation is 1. The molecule has 1 spiro atoms. The van der Waals surface area contributed by atoms with Crippen LogP contribution in [0.15, 0.2) is 54.7 Å². The summed E-state index contributed by atoms with van der Waals surface area (Å²) in [7, 11) is -3.33. The van der Waals surface area contributed by atoms with E-state index < -0.39 is 43.8 Å². The number of para-hydroxylation sites is 1. The monoisotopic (exact) mass is 635 g/mol. The largest absolute Gasteiger partial charge is 0.441 e. The summed E-state index contributed by atoms with van der Waals surface area (Å²) in [5.74, 6) is -1.29. The summed E-state index contributed by atoms with van der Waals surface area (Å²) in [4.78, 5) is 41.7. The molecule has 2 fully saturated rings. The van der Waals surface area contributed by atoms with Crippen molar-refractivity contribution in [3.8, 4) is 0 Å². The fourth-order valence-electron chi connectivity index (χ4n) is 7.34. The third-order valence-corrected chi connectivity index (χ3v) is 11.7. The van der Waals surface area contributed by atoms with Crippen molar-refractivity contribution in [1.29, 1.82) is 0 Å². The first-order chi connectivity index (χ1) is 21.4. The molecule has 45 heavy (non-hydrogen) atoms. The minimum atomic E-state index is -3.33. The lowest BCUT2D eigenvalue weighted by Gasteiger charge is -2.39. The van der Waals surface area contributed by atoms with Crippen LogP contribution in [0.4, 0.5) is 15.5 Å². The SMILES string of the molecule is CC(=O)OC1CC(=O)N1c1cccc(CN2C(=O)[C@]3(O[C@H](CCn4cc(CCO)nn4)[C@@H]([Si](C)(C)F)[C@@H]3C)c3ccccc32)c1. The van der Waals surface area contributed by atoms with E-state index in [1.165, 1.54) is 11.8 Å². The van der Waals surface area contributed by atoms with Crippen molar-refractivity contribution in [3.05, 3.63) is 71.5 Å². The number of rotatable bonds is 10. The molecule has 2 saturated heterocycles. The molecule has 0 aliphatic carbocycles. The normalized spacial score (nSPS) is 26.0. The van der Waals surface area contributed by atoms with Crippen LogP contribution in [0.1, 0.15) is 43.5 Å². The number of benzene rings is 2. The minimum absolute atomic E-state index is 0.0261. The van der Waals surface area contributed by atoms with Crippen LogP contribution in [0, 0.1) is 5.92 Å². The van der Waals surface area contributed by atoms with Gasteiger partial charge in [0.25, 0.3) is 5.91 Å². The Kier molecular flexibility index (Phi) is 8.12. The number of anilines is 2. The van der Waals surface area contributed by atoms with E-state index in [2.05, 4.69) is 10.3 Å². The molecule has 1 N–H and O–H groups in total. The van der Waals surface area contributed by atoms with Gasteiger partial charge in [0.05, 0.1) is 30.5 Å². The summed E-state index contributed by atoms with van der Waals surface area (Å²) in [6.07, 6.45) is 1.56. The van der Waals surface area contributed by atoms with Gasteiger partial charge in [-0.2, -0.15) is 0 Å². The highest BCUT2D eigenvalue weighted by atomic mass is 28.4. The topological polar surface area (TPSA) is 127 Å². The number of aromatic nitrogens is 3. The van der Waals surface area contributed by atoms with Gasteiger partial charge in [0.1, 0.15) is 0 Å². The molecule has 3 aromatic rings. The Morgan fingerprint density at radius 3 is 2.69 bits per heavy atom. The Labute approximate surface area is 262 Å². The van der Waals surface area contributed by atoms with Crippen molar-refractivity contribution < 1.29 is 33.1 Å². The Balaban J connectivity index is 1.29. The van der Waals surface area contributed by atoms with Crippen molar-refractivity contribution in [3.63, 3.8) is 0 Å². The molecule has 2 aromatic carbocycles. The van der Waals surface area contributed by atoms with E-state index in [1.54, 1.807) is 41.0 Å². The van der Waals surface area contributed by atoms with E-state index >= 15 is 4.11 Å². The summed E-state index contributed by atoms with van der Waals surface area (Å²) in [6, 6.07) is 14.8. The van der Waals surface area contributed by atoms with Crippen molar-refractivity contribution in [2.45, 2.75) is 82.8 Å². The Morgan fingerprint density at radius 2 is 1.98 bits per heavy atom. The second kappa shape index (κ2) is 11.8. The zero-order chi connectivity index (χ0) is 32.1. The minimum Gasteiger partial charge on any atom is -0.441 e. The van der Waals surface area contributed by atoms with Crippen LogP contribution in [0.25, 0.3) is 0 Å². The lowest BCUT2D eigenvalue weighted by Crippen LogP contribution is -2.54. The number of fused-ring (bicyclic) bond motifs is 2. The fraction of sp³-hybridized carbons (Fsp3) is 0.469. The maximum atomic E-state index is 16.1. The highest BCUT2D eigenvalue weighted by Gasteiger charge is 2.66. The molecular formula is C32H38FN5O6Si. The molecule has 1 unspecified atom stereocenters. The second-order valence-corrected chi connectivity index (χ2v) is 16.4. The average Bonchev–Trinajstić information content (AvgIpc) is 3.62. The van der Waals surface area contributed by atoms with Gasteiger partial charge in [-0.15, -0.1) is 5.10 Å². The average molecular weight is 636 g/mol. The van der Waals surface area contributed by atoms with Gasteiger partial charge in [0, 0.05) is 55.4 Å². The number of amides is 2. The molecule has 3 aliphatic heterocycles. The number of esters is 1. The van der Waals surface area contributed by atoms with Crippen LogP contribution < -0.4 is 9.80 Å². The van der Waals surface area contributed by atoms with Gasteiger partial charge in [0.2, 0.25) is 14.3 Å². The molecule has 6 rings (SSSR count). The number of carbonyl (C=O) groups is 3. The second-order valence-electron chi connectivity index (χ2n) is 12.6. The number of ether oxygens (including phenoxy) is 2. The number of nitrogens with zero attached hydrogens (tertiary/aromatic N) is 5. The van der Waals surface area contributed by atoms with E-state index in [0.717, 1.165) is 11.1 Å². The van der Waals surface area contributed by atoms with E-state index in [4.69, 9.17) is 9.47 Å². The Morgan fingerprint density at radius 1 is 1.20 bits per heavy atom. The van der Waals surface area contributed by atoms with Crippen LogP contribution in [-0.4, -0.2) is 65.2 Å². The fourth-order valence-corrected chi connectivity index (χ4v) is 9.88. The number of carbonyl (C=O) groups excluding carboxylic acids is 3. The molecule has 3 aliphatic rings. The van der Waals surface area contributed by atoms with E-state index in [9.17, 15) is 19.5 Å². The highest BCUT2D eigenvalue weighted by Crippen LogP contribution is 2.60. The first-order valence-corrected chi connectivity index (χ1v) is 18.3. The van der Waals surface area contributed by atoms with Gasteiger partial charge in [-0.3, -0.25) is 24.0 Å². The lowest BCUT2D eigenvalue weighted by atomic mass is 9.82. The number of halogens is 1. The molecule has 5 atom stereocenters. The lowest BCUT2D eigenvalue weighted by molar-refractivity contribution is -0.154. The number of hydrogen-bond donors (Lipinski definition) is 1. The van der Waals surface area contributed by atoms with Crippen LogP contribution in [0.5, 0.6) is 0 Å². The number of hydrogen-bond acceptors (Lipinski definition) is 8. The Hall–Kier alpha value is -3.94. The maximum Gasteiger partial charge on any atom is 0.304 e. The smallest absolute Gasteiger partial charge is 0.304 e. The van der Waals surface area contributed by atoms with Crippen LogP contribution in [0.2, 0.25) is 18.6 Å². The van der Waals surface area contributed by atoms with E-state index in [1.807, 2.05) is 43.3 Å². The first-order valence-electron chi connectivity index (χ1n) is 15.3. The van der Waals surface area contributed by atoms with Crippen molar-refractivity contribution in [2.24, 2.45) is 5.92 Å². The van der Waals surface area contributed by atoms with E-state index in [-0.39, 0.29) is 31.4 Å². The third-order valence-electron chi connectivity index (χ3n) is 9.20. The van der Waals surface area contributed by atoms with Gasteiger partial charge in [0.15, 0.2) is 11.8 Å². The summed E-state index contributed by atoms with van der Waals surface area (Å²) in [6.45, 7) is 7.20. The number of aliphatic hydroxyl groups is 1. The van der Waals surface area contributed by atoms with Gasteiger partial charge in [-0.1, -0.05) is 42.5 Å². The molecule has 238 valence electrons. The molecule has 2 amide bonds. The number of aliphatic hydroxyl groups excluding tert-OH is 1. The molecule has 1 aromatic heterocycles. The third kappa shape index (κ3) is 5.46. The highest BCUT2D eigenvalue weighted by molar-refractivity contribution is 6.72. The molecule has 13 heteroatoms. The predicted octanol–water partition coefficient (Wildman–Crippen LogP) is 3.85. The first kappa shape index (κ1) is 31.1. The summed E-state index contributed by atoms with van der Waals surface area (Å²) in [5.41, 5.74) is 1.66. The molecule has 4 heterocycles. The molecule has 11 nitrogen and oxygen atoms in total. The Bertz CT molecular complexity index is 1630. The van der Waals surface area contributed by atoms with Gasteiger partial charge in [-0.25, -0.2) is 0 Å². The molecular weight excluding hydrogens is 597 g/mol.